The molecule has 0 fully saturated rings. The standard InChI is InChI=1S/C15H8Cl4N6O/c16-5-1-7(24-9(3-20)13(5)22)11(18)15(26)12(19)8-2-6(17)14(23)10(4-21)25-8/h1-2,11-12H,22-23H2. The van der Waals surface area contributed by atoms with Crippen LogP contribution in [0.15, 0.2) is 12.1 Å². The number of halogens is 4. The van der Waals surface area contributed by atoms with E-state index in [4.69, 9.17) is 68.4 Å². The van der Waals surface area contributed by atoms with Crippen LogP contribution in [-0.2, 0) is 4.79 Å². The van der Waals surface area contributed by atoms with E-state index >= 15 is 0 Å². The van der Waals surface area contributed by atoms with Gasteiger partial charge >= 0.3 is 0 Å². The van der Waals surface area contributed by atoms with Crippen LogP contribution in [0.2, 0.25) is 10.0 Å². The normalized spacial score (nSPS) is 12.7. The number of pyridine rings is 2. The molecule has 2 rings (SSSR count). The van der Waals surface area contributed by atoms with Gasteiger partial charge in [0.2, 0.25) is 0 Å². The Hall–Kier alpha value is -2.29. The van der Waals surface area contributed by atoms with E-state index in [-0.39, 0.29) is 44.2 Å². The van der Waals surface area contributed by atoms with Crippen molar-refractivity contribution in [3.05, 3.63) is 45.0 Å². The summed E-state index contributed by atoms with van der Waals surface area (Å²) in [5.74, 6) is -0.706. The first-order chi connectivity index (χ1) is 12.2. The van der Waals surface area contributed by atoms with Gasteiger partial charge in [0.15, 0.2) is 17.2 Å². The van der Waals surface area contributed by atoms with Crippen LogP contribution in [0.3, 0.4) is 0 Å². The zero-order valence-electron chi connectivity index (χ0n) is 12.7. The van der Waals surface area contributed by atoms with Gasteiger partial charge in [-0.3, -0.25) is 4.79 Å². The molecule has 7 nitrogen and oxygen atoms in total. The number of ketones is 1. The third kappa shape index (κ3) is 3.77. The van der Waals surface area contributed by atoms with Gasteiger partial charge < -0.3 is 11.5 Å². The van der Waals surface area contributed by atoms with Gasteiger partial charge in [-0.1, -0.05) is 23.2 Å². The molecular formula is C15H8Cl4N6O. The Balaban J connectivity index is 2.40. The van der Waals surface area contributed by atoms with E-state index in [1.54, 1.807) is 12.1 Å². The van der Waals surface area contributed by atoms with E-state index in [1.165, 1.54) is 12.1 Å². The molecule has 0 aromatic carbocycles. The molecule has 4 N–H and O–H groups in total. The molecule has 0 aliphatic carbocycles. The Morgan fingerprint density at radius 2 is 1.27 bits per heavy atom. The summed E-state index contributed by atoms with van der Waals surface area (Å²) in [6.07, 6.45) is 0. The van der Waals surface area contributed by atoms with Crippen LogP contribution in [-0.4, -0.2) is 15.8 Å². The Labute approximate surface area is 168 Å². The lowest BCUT2D eigenvalue weighted by molar-refractivity contribution is -0.118. The SMILES string of the molecule is N#Cc1nc(C(Cl)C(=O)C(Cl)c2cc(Cl)c(N)c(C#N)n2)cc(Cl)c1N. The van der Waals surface area contributed by atoms with E-state index < -0.39 is 16.5 Å². The van der Waals surface area contributed by atoms with Crippen molar-refractivity contribution in [1.29, 1.82) is 10.5 Å². The van der Waals surface area contributed by atoms with E-state index in [2.05, 4.69) is 9.97 Å². The van der Waals surface area contributed by atoms with Crippen LogP contribution in [0, 0.1) is 22.7 Å². The summed E-state index contributed by atoms with van der Waals surface area (Å²) in [5, 5.41) is 15.4. The van der Waals surface area contributed by atoms with E-state index in [0.717, 1.165) is 0 Å². The van der Waals surface area contributed by atoms with E-state index in [0.29, 0.717) is 0 Å². The monoisotopic (exact) mass is 428 g/mol. The molecule has 0 bridgehead atoms. The minimum absolute atomic E-state index is 0.000107. The van der Waals surface area contributed by atoms with Crippen LogP contribution in [0.5, 0.6) is 0 Å². The number of alkyl halides is 2. The van der Waals surface area contributed by atoms with E-state index in [9.17, 15) is 4.79 Å². The lowest BCUT2D eigenvalue weighted by atomic mass is 10.1. The summed E-state index contributed by atoms with van der Waals surface area (Å²) in [6.45, 7) is 0. The van der Waals surface area contributed by atoms with Gasteiger partial charge in [-0.05, 0) is 12.1 Å². The lowest BCUT2D eigenvalue weighted by Gasteiger charge is -2.15. The van der Waals surface area contributed by atoms with Gasteiger partial charge in [0.1, 0.15) is 22.9 Å². The lowest BCUT2D eigenvalue weighted by Crippen LogP contribution is -2.17. The Morgan fingerprint density at radius 1 is 0.923 bits per heavy atom. The Morgan fingerprint density at radius 3 is 1.58 bits per heavy atom. The number of rotatable bonds is 4. The largest absolute Gasteiger partial charge is 0.395 e. The molecule has 2 atom stereocenters. The number of hydrogen-bond acceptors (Lipinski definition) is 7. The van der Waals surface area contributed by atoms with Crippen molar-refractivity contribution < 1.29 is 4.79 Å². The van der Waals surface area contributed by atoms with Crippen LogP contribution in [0.1, 0.15) is 33.5 Å². The molecule has 2 unspecified atom stereocenters. The number of nitriles is 2. The van der Waals surface area contributed by atoms with Crippen LogP contribution in [0.25, 0.3) is 0 Å². The highest BCUT2D eigenvalue weighted by molar-refractivity contribution is 6.40. The molecule has 0 saturated heterocycles. The predicted molar refractivity (Wildman–Crippen MR) is 98.9 cm³/mol. The number of Topliss-reactive ketones (excluding diaryl/α,β-unsaturated/α-hetero) is 1. The molecule has 2 aromatic rings. The fourth-order valence-corrected chi connectivity index (χ4v) is 2.88. The average molecular weight is 430 g/mol. The average Bonchev–Trinajstić information content (AvgIpc) is 2.63. The number of nitrogens with zero attached hydrogens (tertiary/aromatic N) is 4. The highest BCUT2D eigenvalue weighted by atomic mass is 35.5. The van der Waals surface area contributed by atoms with Crippen molar-refractivity contribution in [3.63, 3.8) is 0 Å². The van der Waals surface area contributed by atoms with Gasteiger partial charge in [0.25, 0.3) is 0 Å². The molecule has 11 heteroatoms. The Bertz CT molecular complexity index is 904. The quantitative estimate of drug-likeness (QED) is 0.707. The highest BCUT2D eigenvalue weighted by Gasteiger charge is 2.30. The van der Waals surface area contributed by atoms with Gasteiger partial charge in [0, 0.05) is 0 Å². The molecule has 0 radical (unpaired) electrons. The maximum Gasteiger partial charge on any atom is 0.180 e. The zero-order valence-corrected chi connectivity index (χ0v) is 15.7. The molecule has 0 amide bonds. The van der Waals surface area contributed by atoms with Crippen molar-refractivity contribution in [1.82, 2.24) is 9.97 Å². The third-order valence-corrected chi connectivity index (χ3v) is 4.79. The zero-order chi connectivity index (χ0) is 19.6. The number of nitrogens with two attached hydrogens (primary N) is 2. The second kappa shape index (κ2) is 7.94. The second-order valence-electron chi connectivity index (χ2n) is 4.93. The first kappa shape index (κ1) is 20.0. The van der Waals surface area contributed by atoms with Crippen LogP contribution >= 0.6 is 46.4 Å². The molecule has 0 spiro atoms. The van der Waals surface area contributed by atoms with Gasteiger partial charge in [-0.15, -0.1) is 23.2 Å². The van der Waals surface area contributed by atoms with Crippen LogP contribution < -0.4 is 11.5 Å². The van der Waals surface area contributed by atoms with Crippen molar-refractivity contribution in [3.8, 4) is 12.1 Å². The maximum atomic E-state index is 12.6. The van der Waals surface area contributed by atoms with Crippen molar-refractivity contribution in [2.24, 2.45) is 0 Å². The van der Waals surface area contributed by atoms with Gasteiger partial charge in [0.05, 0.1) is 32.8 Å². The summed E-state index contributed by atoms with van der Waals surface area (Å²) in [5.41, 5.74) is 10.8. The Kier molecular flexibility index (Phi) is 6.12. The first-order valence-electron chi connectivity index (χ1n) is 6.75. The molecule has 0 saturated carbocycles. The summed E-state index contributed by atoms with van der Waals surface area (Å²) in [6, 6.07) is 6.04. The van der Waals surface area contributed by atoms with Crippen molar-refractivity contribution in [2.45, 2.75) is 10.8 Å². The summed E-state index contributed by atoms with van der Waals surface area (Å²) < 4.78 is 0. The summed E-state index contributed by atoms with van der Waals surface area (Å²) in [7, 11) is 0. The fraction of sp³-hybridized carbons (Fsp3) is 0.133. The predicted octanol–water partition coefficient (Wildman–Crippen LogP) is 3.52. The van der Waals surface area contributed by atoms with Gasteiger partial charge in [-0.2, -0.15) is 10.5 Å². The van der Waals surface area contributed by atoms with E-state index in [1.807, 2.05) is 0 Å². The van der Waals surface area contributed by atoms with Crippen molar-refractivity contribution in [2.75, 3.05) is 11.5 Å². The minimum atomic E-state index is -1.34. The number of aromatic nitrogens is 2. The highest BCUT2D eigenvalue weighted by Crippen LogP contribution is 2.35. The number of carbonyl (C=O) groups is 1. The number of hydrogen-bond donors (Lipinski definition) is 2. The molecule has 2 heterocycles. The molecule has 132 valence electrons. The molecule has 0 aliphatic heterocycles. The smallest absolute Gasteiger partial charge is 0.180 e. The topological polar surface area (TPSA) is 142 Å². The second-order valence-corrected chi connectivity index (χ2v) is 6.62. The maximum absolute atomic E-state index is 12.6. The summed E-state index contributed by atoms with van der Waals surface area (Å²) in [4.78, 5) is 20.4. The number of anilines is 2. The molecule has 2 aromatic heterocycles. The number of nitrogen functional groups attached to an aromatic ring is 2. The fourth-order valence-electron chi connectivity index (χ4n) is 1.93. The van der Waals surface area contributed by atoms with Gasteiger partial charge in [-0.25, -0.2) is 9.97 Å². The molecular weight excluding hydrogens is 422 g/mol. The van der Waals surface area contributed by atoms with Crippen LogP contribution in [0.4, 0.5) is 11.4 Å². The third-order valence-electron chi connectivity index (χ3n) is 3.29. The molecule has 26 heavy (non-hydrogen) atoms. The summed E-state index contributed by atoms with van der Waals surface area (Å²) >= 11 is 24.1. The van der Waals surface area contributed by atoms with Crippen molar-refractivity contribution >= 4 is 63.6 Å². The molecule has 0 aliphatic rings. The first-order valence-corrected chi connectivity index (χ1v) is 8.38. The minimum Gasteiger partial charge on any atom is -0.395 e. The number of carbonyl (C=O) groups excluding carboxylic acids is 1.